The number of carbonyl (C=O) groups excluding carboxylic acids is 1. The first-order chi connectivity index (χ1) is 9.07. The molecule has 1 unspecified atom stereocenters. The van der Waals surface area contributed by atoms with E-state index in [4.69, 9.17) is 0 Å². The second kappa shape index (κ2) is 5.02. The molecular weight excluding hydrogens is 245 g/mol. The molecular formula is C14H24FN3O. The maximum Gasteiger partial charge on any atom is 0.223 e. The summed E-state index contributed by atoms with van der Waals surface area (Å²) in [6, 6.07) is 0. The highest BCUT2D eigenvalue weighted by Gasteiger charge is 2.44. The van der Waals surface area contributed by atoms with E-state index in [1.54, 1.807) is 0 Å². The molecule has 2 bridgehead atoms. The number of nitrogens with one attached hydrogen (secondary N) is 1. The Morgan fingerprint density at radius 2 is 1.79 bits per heavy atom. The Morgan fingerprint density at radius 1 is 1.16 bits per heavy atom. The zero-order valence-electron chi connectivity index (χ0n) is 11.7. The first-order valence-corrected chi connectivity index (χ1v) is 7.52. The van der Waals surface area contributed by atoms with Gasteiger partial charge in [-0.15, -0.1) is 9.60 Å². The monoisotopic (exact) mass is 269 g/mol. The summed E-state index contributed by atoms with van der Waals surface area (Å²) in [7, 11) is 0. The van der Waals surface area contributed by atoms with Crippen molar-refractivity contribution in [3.63, 3.8) is 0 Å². The van der Waals surface area contributed by atoms with Gasteiger partial charge in [-0.1, -0.05) is 0 Å². The second-order valence-corrected chi connectivity index (χ2v) is 6.64. The van der Waals surface area contributed by atoms with Crippen LogP contribution in [0, 0.1) is 11.8 Å². The van der Waals surface area contributed by atoms with Crippen molar-refractivity contribution in [3.05, 3.63) is 0 Å². The van der Waals surface area contributed by atoms with E-state index in [0.29, 0.717) is 31.8 Å². The molecule has 1 amide bonds. The zero-order valence-corrected chi connectivity index (χ0v) is 11.7. The fourth-order valence-corrected chi connectivity index (χ4v) is 3.96. The van der Waals surface area contributed by atoms with E-state index >= 15 is 0 Å². The van der Waals surface area contributed by atoms with Crippen molar-refractivity contribution in [2.75, 3.05) is 32.7 Å². The molecule has 0 saturated carbocycles. The lowest BCUT2D eigenvalue weighted by Gasteiger charge is -2.52. The molecule has 4 saturated heterocycles. The first kappa shape index (κ1) is 13.3. The lowest BCUT2D eigenvalue weighted by Crippen LogP contribution is -2.66. The van der Waals surface area contributed by atoms with Crippen LogP contribution in [-0.4, -0.2) is 54.2 Å². The molecule has 4 aliphatic rings. The van der Waals surface area contributed by atoms with Gasteiger partial charge < -0.3 is 10.2 Å². The molecule has 4 rings (SSSR count). The lowest BCUT2D eigenvalue weighted by atomic mass is 9.73. The topological polar surface area (TPSA) is 35.6 Å². The number of fused-ring (bicyclic) bond motifs is 3. The van der Waals surface area contributed by atoms with E-state index in [-0.39, 0.29) is 17.4 Å². The Balaban J connectivity index is 1.60. The molecule has 19 heavy (non-hydrogen) atoms. The number of hydrogen-bond acceptors (Lipinski definition) is 3. The summed E-state index contributed by atoms with van der Waals surface area (Å²) in [5.41, 5.74) is -0.0690. The van der Waals surface area contributed by atoms with Crippen molar-refractivity contribution in [2.45, 2.75) is 38.1 Å². The van der Waals surface area contributed by atoms with E-state index in [0.717, 1.165) is 11.7 Å². The molecule has 4 fully saturated rings. The van der Waals surface area contributed by atoms with E-state index in [1.165, 1.54) is 25.9 Å². The highest BCUT2D eigenvalue weighted by molar-refractivity contribution is 5.79. The van der Waals surface area contributed by atoms with Crippen LogP contribution in [0.4, 0.5) is 4.48 Å². The van der Waals surface area contributed by atoms with Crippen LogP contribution in [0.2, 0.25) is 0 Å². The van der Waals surface area contributed by atoms with Gasteiger partial charge in [0.1, 0.15) is 0 Å². The third-order valence-corrected chi connectivity index (χ3v) is 5.26. The number of rotatable bonds is 2. The lowest BCUT2D eigenvalue weighted by molar-refractivity contribution is -0.132. The van der Waals surface area contributed by atoms with Crippen LogP contribution in [0.15, 0.2) is 0 Å². The number of amides is 1. The van der Waals surface area contributed by atoms with Gasteiger partial charge in [0.15, 0.2) is 0 Å². The normalized spacial score (nSPS) is 40.3. The SMILES string of the molecule is CC1(NC(=O)C2CCN(F)CC2)CN2CCC1CC2. The van der Waals surface area contributed by atoms with Crippen LogP contribution in [-0.2, 0) is 4.79 Å². The third kappa shape index (κ3) is 2.63. The van der Waals surface area contributed by atoms with Crippen LogP contribution in [0.25, 0.3) is 0 Å². The largest absolute Gasteiger partial charge is 0.349 e. The van der Waals surface area contributed by atoms with Crippen molar-refractivity contribution in [3.8, 4) is 0 Å². The van der Waals surface area contributed by atoms with Gasteiger partial charge in [0, 0.05) is 25.6 Å². The molecule has 0 radical (unpaired) electrons. The molecule has 4 nitrogen and oxygen atoms in total. The smallest absolute Gasteiger partial charge is 0.223 e. The number of hydrogen-bond donors (Lipinski definition) is 1. The average molecular weight is 269 g/mol. The van der Waals surface area contributed by atoms with Gasteiger partial charge in [0.2, 0.25) is 5.91 Å². The van der Waals surface area contributed by atoms with Gasteiger partial charge in [-0.05, 0) is 51.6 Å². The fraction of sp³-hybridized carbons (Fsp3) is 0.929. The molecule has 5 heteroatoms. The Morgan fingerprint density at radius 3 is 2.32 bits per heavy atom. The molecule has 4 heterocycles. The maximum atomic E-state index is 13.0. The molecule has 0 aromatic carbocycles. The molecule has 1 atom stereocenters. The minimum atomic E-state index is -0.0690. The molecule has 4 aliphatic heterocycles. The second-order valence-electron chi connectivity index (χ2n) is 6.64. The summed E-state index contributed by atoms with van der Waals surface area (Å²) in [6.07, 6.45) is 3.68. The van der Waals surface area contributed by atoms with Gasteiger partial charge in [-0.25, -0.2) is 0 Å². The van der Waals surface area contributed by atoms with Crippen LogP contribution in [0.5, 0.6) is 0 Å². The van der Waals surface area contributed by atoms with Crippen molar-refractivity contribution in [1.82, 2.24) is 15.3 Å². The molecule has 0 aromatic heterocycles. The van der Waals surface area contributed by atoms with Gasteiger partial charge >= 0.3 is 0 Å². The van der Waals surface area contributed by atoms with Gasteiger partial charge in [-0.3, -0.25) is 4.79 Å². The Hall–Kier alpha value is -0.680. The number of carbonyl (C=O) groups is 1. The molecule has 0 spiro atoms. The quantitative estimate of drug-likeness (QED) is 0.765. The van der Waals surface area contributed by atoms with E-state index in [2.05, 4.69) is 17.1 Å². The van der Waals surface area contributed by atoms with E-state index in [9.17, 15) is 9.28 Å². The van der Waals surface area contributed by atoms with Gasteiger partial charge in [0.25, 0.3) is 0 Å². The molecule has 0 aliphatic carbocycles. The van der Waals surface area contributed by atoms with Crippen molar-refractivity contribution in [1.29, 1.82) is 0 Å². The zero-order chi connectivity index (χ0) is 13.5. The molecule has 108 valence electrons. The number of nitrogens with zero attached hydrogens (tertiary/aromatic N) is 2. The van der Waals surface area contributed by atoms with Crippen molar-refractivity contribution < 1.29 is 9.28 Å². The fourth-order valence-electron chi connectivity index (χ4n) is 3.96. The highest BCUT2D eigenvalue weighted by Crippen LogP contribution is 2.35. The van der Waals surface area contributed by atoms with Crippen LogP contribution in [0.3, 0.4) is 0 Å². The van der Waals surface area contributed by atoms with Crippen LogP contribution in [0.1, 0.15) is 32.6 Å². The van der Waals surface area contributed by atoms with Gasteiger partial charge in [-0.2, -0.15) is 0 Å². The van der Waals surface area contributed by atoms with Crippen LogP contribution < -0.4 is 5.32 Å². The minimum absolute atomic E-state index is 0.000668. The van der Waals surface area contributed by atoms with Crippen LogP contribution >= 0.6 is 0 Å². The van der Waals surface area contributed by atoms with Gasteiger partial charge in [0.05, 0.1) is 5.54 Å². The van der Waals surface area contributed by atoms with E-state index < -0.39 is 0 Å². The predicted molar refractivity (Wildman–Crippen MR) is 71.1 cm³/mol. The summed E-state index contributed by atoms with van der Waals surface area (Å²) >= 11 is 0. The Bertz CT molecular complexity index is 349. The summed E-state index contributed by atoms with van der Waals surface area (Å²) in [6.45, 7) is 6.30. The predicted octanol–water partition coefficient (Wildman–Crippen LogP) is 1.18. The Labute approximate surface area is 114 Å². The maximum absolute atomic E-state index is 13.0. The summed E-state index contributed by atoms with van der Waals surface area (Å²) in [4.78, 5) is 14.8. The number of halogens is 1. The third-order valence-electron chi connectivity index (χ3n) is 5.26. The van der Waals surface area contributed by atoms with Crippen molar-refractivity contribution in [2.24, 2.45) is 11.8 Å². The molecule has 1 N–H and O–H groups in total. The highest BCUT2D eigenvalue weighted by atomic mass is 19.2. The Kier molecular flexibility index (Phi) is 3.52. The van der Waals surface area contributed by atoms with Crippen molar-refractivity contribution >= 4 is 5.91 Å². The summed E-state index contributed by atoms with van der Waals surface area (Å²) in [5.74, 6) is 0.756. The number of piperidine rings is 4. The standard InChI is InChI=1S/C14H24FN3O/c1-14(10-17-6-4-12(14)5-7-17)16-13(19)11-2-8-18(15)9-3-11/h11-12H,2-10H2,1H3,(H,16,19). The first-order valence-electron chi connectivity index (χ1n) is 7.52. The average Bonchev–Trinajstić information content (AvgIpc) is 2.40. The summed E-state index contributed by atoms with van der Waals surface area (Å²) in [5, 5.41) is 4.11. The summed E-state index contributed by atoms with van der Waals surface area (Å²) < 4.78 is 13.0. The van der Waals surface area contributed by atoms with E-state index in [1.807, 2.05) is 0 Å². The molecule has 0 aromatic rings. The minimum Gasteiger partial charge on any atom is -0.349 e.